The lowest BCUT2D eigenvalue weighted by Crippen LogP contribution is -2.56. The second-order valence-electron chi connectivity index (χ2n) is 6.45. The third-order valence-corrected chi connectivity index (χ3v) is 4.95. The number of likely N-dealkylation sites (tertiary alicyclic amines) is 1. The molecule has 0 bridgehead atoms. The number of nitrogens with zero attached hydrogens (tertiary/aromatic N) is 3. The monoisotopic (exact) mass is 321 g/mol. The maximum Gasteiger partial charge on any atom is 0.225 e. The van der Waals surface area contributed by atoms with Crippen molar-refractivity contribution in [1.82, 2.24) is 4.90 Å². The van der Waals surface area contributed by atoms with Gasteiger partial charge in [-0.3, -0.25) is 4.79 Å². The number of carbonyl (C=O) groups is 1. The van der Waals surface area contributed by atoms with E-state index in [0.29, 0.717) is 6.42 Å². The Kier molecular flexibility index (Phi) is 4.11. The van der Waals surface area contributed by atoms with Crippen molar-refractivity contribution in [2.45, 2.75) is 25.6 Å². The van der Waals surface area contributed by atoms with Crippen LogP contribution in [0.4, 0.5) is 11.4 Å². The first-order chi connectivity index (χ1) is 11.8. The van der Waals surface area contributed by atoms with Crippen molar-refractivity contribution in [3.63, 3.8) is 0 Å². The summed E-state index contributed by atoms with van der Waals surface area (Å²) in [6.07, 6.45) is 2.75. The van der Waals surface area contributed by atoms with E-state index in [2.05, 4.69) is 63.2 Å². The minimum atomic E-state index is -0.0254. The highest BCUT2D eigenvalue weighted by atomic mass is 16.2. The van der Waals surface area contributed by atoms with Crippen LogP contribution >= 0.6 is 0 Å². The second kappa shape index (κ2) is 6.56. The van der Waals surface area contributed by atoms with Gasteiger partial charge in [0.05, 0.1) is 0 Å². The van der Waals surface area contributed by atoms with Gasteiger partial charge < -0.3 is 14.7 Å². The van der Waals surface area contributed by atoms with Gasteiger partial charge in [-0.15, -0.1) is 0 Å². The average molecular weight is 321 g/mol. The second-order valence-corrected chi connectivity index (χ2v) is 6.45. The zero-order chi connectivity index (χ0) is 16.4. The molecular weight excluding hydrogens is 298 g/mol. The van der Waals surface area contributed by atoms with Gasteiger partial charge in [0.15, 0.2) is 6.29 Å². The molecule has 0 radical (unpaired) electrons. The van der Waals surface area contributed by atoms with E-state index < -0.39 is 0 Å². The Morgan fingerprint density at radius 2 is 1.21 bits per heavy atom. The first kappa shape index (κ1) is 15.1. The molecule has 2 aromatic rings. The summed E-state index contributed by atoms with van der Waals surface area (Å²) in [5.41, 5.74) is 2.36. The van der Waals surface area contributed by atoms with Gasteiger partial charge >= 0.3 is 0 Å². The number of benzene rings is 2. The Labute approximate surface area is 143 Å². The fraction of sp³-hybridized carbons (Fsp3) is 0.350. The topological polar surface area (TPSA) is 26.8 Å². The summed E-state index contributed by atoms with van der Waals surface area (Å²) >= 11 is 0. The minimum absolute atomic E-state index is 0.0254. The Hall–Kier alpha value is -2.49. The van der Waals surface area contributed by atoms with E-state index in [1.807, 2.05) is 12.1 Å². The van der Waals surface area contributed by atoms with E-state index >= 15 is 0 Å². The summed E-state index contributed by atoms with van der Waals surface area (Å²) in [5, 5.41) is 0. The molecule has 124 valence electrons. The lowest BCUT2D eigenvalue weighted by Gasteiger charge is -2.42. The van der Waals surface area contributed by atoms with Gasteiger partial charge in [0, 0.05) is 37.4 Å². The van der Waals surface area contributed by atoms with Crippen molar-refractivity contribution < 1.29 is 4.79 Å². The third-order valence-electron chi connectivity index (χ3n) is 4.95. The van der Waals surface area contributed by atoms with Gasteiger partial charge in [0.2, 0.25) is 5.91 Å². The highest BCUT2D eigenvalue weighted by molar-refractivity contribution is 5.78. The molecule has 2 saturated heterocycles. The predicted octanol–water partition coefficient (Wildman–Crippen LogP) is 3.31. The molecule has 2 aliphatic heterocycles. The molecular formula is C20H23N3O. The number of para-hydroxylation sites is 2. The smallest absolute Gasteiger partial charge is 0.225 e. The lowest BCUT2D eigenvalue weighted by atomic mass is 10.1. The predicted molar refractivity (Wildman–Crippen MR) is 96.9 cm³/mol. The molecule has 2 heterocycles. The third kappa shape index (κ3) is 2.73. The zero-order valence-electron chi connectivity index (χ0n) is 13.8. The summed E-state index contributed by atoms with van der Waals surface area (Å²) in [6.45, 7) is 2.69. The Morgan fingerprint density at radius 1 is 0.667 bits per heavy atom. The van der Waals surface area contributed by atoms with Gasteiger partial charge in [-0.2, -0.15) is 0 Å². The van der Waals surface area contributed by atoms with Crippen molar-refractivity contribution in [2.24, 2.45) is 0 Å². The molecule has 4 rings (SSSR count). The van der Waals surface area contributed by atoms with E-state index in [9.17, 15) is 4.79 Å². The van der Waals surface area contributed by atoms with Crippen LogP contribution < -0.4 is 9.80 Å². The number of piperidine rings is 1. The highest BCUT2D eigenvalue weighted by Crippen LogP contribution is 2.31. The number of carbonyl (C=O) groups excluding carboxylic acids is 1. The molecule has 2 aromatic carbocycles. The van der Waals surface area contributed by atoms with Crippen LogP contribution in [0.1, 0.15) is 19.3 Å². The number of hydrogen-bond donors (Lipinski definition) is 0. The van der Waals surface area contributed by atoms with Crippen LogP contribution in [0, 0.1) is 0 Å². The lowest BCUT2D eigenvalue weighted by molar-refractivity contribution is -0.135. The molecule has 1 amide bonds. The van der Waals surface area contributed by atoms with E-state index in [-0.39, 0.29) is 12.2 Å². The van der Waals surface area contributed by atoms with E-state index in [0.717, 1.165) is 32.5 Å². The van der Waals surface area contributed by atoms with Crippen molar-refractivity contribution in [2.75, 3.05) is 29.4 Å². The van der Waals surface area contributed by atoms with E-state index in [4.69, 9.17) is 0 Å². The Bertz CT molecular complexity index is 641. The van der Waals surface area contributed by atoms with Crippen LogP contribution in [0.3, 0.4) is 0 Å². The van der Waals surface area contributed by atoms with Crippen LogP contribution in [0.2, 0.25) is 0 Å². The summed E-state index contributed by atoms with van der Waals surface area (Å²) in [6, 6.07) is 20.9. The van der Waals surface area contributed by atoms with Crippen molar-refractivity contribution in [3.8, 4) is 0 Å². The number of amides is 1. The first-order valence-electron chi connectivity index (χ1n) is 8.77. The summed E-state index contributed by atoms with van der Waals surface area (Å²) in [4.78, 5) is 19.4. The number of anilines is 2. The zero-order valence-corrected chi connectivity index (χ0v) is 13.8. The van der Waals surface area contributed by atoms with Crippen molar-refractivity contribution >= 4 is 17.3 Å². The molecule has 0 aromatic heterocycles. The normalized spacial score (nSPS) is 19.2. The Balaban J connectivity index is 1.71. The van der Waals surface area contributed by atoms with Crippen LogP contribution in [0.5, 0.6) is 0 Å². The maximum absolute atomic E-state index is 12.6. The molecule has 0 spiro atoms. The summed E-state index contributed by atoms with van der Waals surface area (Å²) < 4.78 is 0. The molecule has 2 fully saturated rings. The van der Waals surface area contributed by atoms with E-state index in [1.54, 1.807) is 0 Å². The van der Waals surface area contributed by atoms with Crippen molar-refractivity contribution in [3.05, 3.63) is 60.7 Å². The van der Waals surface area contributed by atoms with Gasteiger partial charge in [0.25, 0.3) is 0 Å². The van der Waals surface area contributed by atoms with Gasteiger partial charge in [-0.1, -0.05) is 36.4 Å². The largest absolute Gasteiger partial charge is 0.332 e. The Morgan fingerprint density at radius 3 is 1.71 bits per heavy atom. The number of rotatable bonds is 3. The quantitative estimate of drug-likeness (QED) is 0.868. The van der Waals surface area contributed by atoms with Crippen LogP contribution in [0.25, 0.3) is 0 Å². The number of hydrogen-bond acceptors (Lipinski definition) is 3. The first-order valence-corrected chi connectivity index (χ1v) is 8.77. The molecule has 0 saturated carbocycles. The summed E-state index contributed by atoms with van der Waals surface area (Å²) in [7, 11) is 0. The fourth-order valence-corrected chi connectivity index (χ4v) is 3.79. The van der Waals surface area contributed by atoms with Gasteiger partial charge in [0.1, 0.15) is 0 Å². The van der Waals surface area contributed by atoms with Gasteiger partial charge in [-0.25, -0.2) is 0 Å². The molecule has 0 atom stereocenters. The van der Waals surface area contributed by atoms with Gasteiger partial charge in [-0.05, 0) is 37.1 Å². The van der Waals surface area contributed by atoms with E-state index in [1.165, 1.54) is 11.4 Å². The molecule has 4 heteroatoms. The summed E-state index contributed by atoms with van der Waals surface area (Å²) in [5.74, 6) is 0.273. The van der Waals surface area contributed by atoms with Crippen LogP contribution in [-0.4, -0.2) is 36.7 Å². The molecule has 4 nitrogen and oxygen atoms in total. The fourth-order valence-electron chi connectivity index (χ4n) is 3.79. The molecule has 24 heavy (non-hydrogen) atoms. The minimum Gasteiger partial charge on any atom is -0.332 e. The highest BCUT2D eigenvalue weighted by Gasteiger charge is 2.39. The molecule has 0 aliphatic carbocycles. The molecule has 0 N–H and O–H groups in total. The maximum atomic E-state index is 12.6. The molecule has 0 unspecified atom stereocenters. The van der Waals surface area contributed by atoms with Crippen LogP contribution in [-0.2, 0) is 4.79 Å². The van der Waals surface area contributed by atoms with Crippen LogP contribution in [0.15, 0.2) is 60.7 Å². The SMILES string of the molecule is O=C1CCCCN1C1N(c2ccccc2)CCN1c1ccccc1. The average Bonchev–Trinajstić information content (AvgIpc) is 3.08. The molecule has 2 aliphatic rings. The van der Waals surface area contributed by atoms with Crippen molar-refractivity contribution in [1.29, 1.82) is 0 Å². The standard InChI is InChI=1S/C20H23N3O/c24-19-13-7-8-14-23(19)20-21(17-9-3-1-4-10-17)15-16-22(20)18-11-5-2-6-12-18/h1-6,9-12,20H,7-8,13-16H2.